The first kappa shape index (κ1) is 27.4. The Morgan fingerprint density at radius 2 is 1.70 bits per heavy atom. The maximum absolute atomic E-state index is 13.1. The summed E-state index contributed by atoms with van der Waals surface area (Å²) >= 11 is 0. The largest absolute Gasteiger partial charge is 0.445 e. The Kier molecular flexibility index (Phi) is 10.3. The second-order valence-corrected chi connectivity index (χ2v) is 8.76. The molecule has 1 heterocycles. The van der Waals surface area contributed by atoms with Crippen molar-refractivity contribution >= 4 is 35.5 Å². The number of hydrogen-bond acceptors (Lipinski definition) is 6. The average Bonchev–Trinajstić information content (AvgIpc) is 3.07. The molecule has 0 fully saturated rings. The number of ether oxygens (including phenoxy) is 1. The lowest BCUT2D eigenvalue weighted by Gasteiger charge is -2.22. The lowest BCUT2D eigenvalue weighted by atomic mass is 10.0. The Bertz CT molecular complexity index is 1150. The maximum atomic E-state index is 13.1. The van der Waals surface area contributed by atoms with E-state index in [0.29, 0.717) is 35.7 Å². The van der Waals surface area contributed by atoms with Crippen LogP contribution in [0.4, 0.5) is 10.5 Å². The van der Waals surface area contributed by atoms with Crippen LogP contribution in [0.3, 0.4) is 0 Å². The van der Waals surface area contributed by atoms with Gasteiger partial charge < -0.3 is 26.0 Å². The van der Waals surface area contributed by atoms with Crippen molar-refractivity contribution in [3.63, 3.8) is 0 Å². The fourth-order valence-electron chi connectivity index (χ4n) is 3.94. The minimum absolute atomic E-state index is 0.0358. The molecule has 3 rings (SSSR count). The average molecular weight is 506 g/mol. The lowest BCUT2D eigenvalue weighted by molar-refractivity contribution is -0.127. The molecule has 0 unspecified atom stereocenters. The number of nitrogens with one attached hydrogen (secondary N) is 2. The zero-order valence-electron chi connectivity index (χ0n) is 21.5. The molecule has 196 valence electrons. The molecule has 1 aliphatic heterocycles. The van der Waals surface area contributed by atoms with Gasteiger partial charge in [-0.05, 0) is 36.6 Å². The maximum Gasteiger partial charge on any atom is 0.407 e. The van der Waals surface area contributed by atoms with Crippen LogP contribution in [0.25, 0.3) is 6.08 Å². The summed E-state index contributed by atoms with van der Waals surface area (Å²) in [6.45, 7) is 6.08. The van der Waals surface area contributed by atoms with Gasteiger partial charge >= 0.3 is 6.09 Å². The van der Waals surface area contributed by atoms with Crippen molar-refractivity contribution in [2.45, 2.75) is 39.7 Å². The van der Waals surface area contributed by atoms with Gasteiger partial charge in [-0.25, -0.2) is 9.79 Å². The van der Waals surface area contributed by atoms with E-state index < -0.39 is 6.09 Å². The highest BCUT2D eigenvalue weighted by Crippen LogP contribution is 2.28. The number of amidine groups is 1. The zero-order chi connectivity index (χ0) is 26.6. The molecule has 9 heteroatoms. The van der Waals surface area contributed by atoms with Crippen molar-refractivity contribution < 1.29 is 19.1 Å². The lowest BCUT2D eigenvalue weighted by Crippen LogP contribution is -2.34. The Morgan fingerprint density at radius 1 is 1.00 bits per heavy atom. The van der Waals surface area contributed by atoms with Crippen LogP contribution in [0.15, 0.2) is 59.1 Å². The minimum atomic E-state index is -0.554. The normalized spacial score (nSPS) is 12.4. The Balaban J connectivity index is 1.56. The molecular formula is C28H35N5O4. The first-order chi connectivity index (χ1) is 17.9. The van der Waals surface area contributed by atoms with Crippen molar-refractivity contribution in [3.8, 4) is 0 Å². The molecule has 0 spiro atoms. The van der Waals surface area contributed by atoms with E-state index in [1.807, 2.05) is 55.2 Å². The van der Waals surface area contributed by atoms with E-state index in [4.69, 9.17) is 10.5 Å². The van der Waals surface area contributed by atoms with Gasteiger partial charge in [-0.2, -0.15) is 0 Å². The molecule has 1 aliphatic rings. The number of benzene rings is 2. The van der Waals surface area contributed by atoms with Crippen molar-refractivity contribution in [3.05, 3.63) is 70.8 Å². The van der Waals surface area contributed by atoms with Crippen LogP contribution in [-0.4, -0.2) is 54.8 Å². The Labute approximate surface area is 217 Å². The van der Waals surface area contributed by atoms with Crippen LogP contribution >= 0.6 is 0 Å². The Morgan fingerprint density at radius 3 is 2.41 bits per heavy atom. The first-order valence-electron chi connectivity index (χ1n) is 12.6. The second kappa shape index (κ2) is 13.8. The van der Waals surface area contributed by atoms with Crippen LogP contribution in [-0.2, 0) is 16.1 Å². The van der Waals surface area contributed by atoms with E-state index in [9.17, 15) is 14.4 Å². The van der Waals surface area contributed by atoms with Crippen molar-refractivity contribution in [1.82, 2.24) is 15.5 Å². The number of hydrogen-bond donors (Lipinski definition) is 3. The quantitative estimate of drug-likeness (QED) is 0.401. The van der Waals surface area contributed by atoms with Gasteiger partial charge in [-0.1, -0.05) is 50.2 Å². The van der Waals surface area contributed by atoms with Crippen LogP contribution in [0, 0.1) is 0 Å². The molecule has 0 atom stereocenters. The molecular weight excluding hydrogens is 470 g/mol. The first-order valence-corrected chi connectivity index (χ1v) is 12.6. The molecule has 0 aromatic heterocycles. The summed E-state index contributed by atoms with van der Waals surface area (Å²) in [6, 6.07) is 14.5. The highest BCUT2D eigenvalue weighted by atomic mass is 16.5. The molecule has 0 saturated carbocycles. The SMILES string of the molecule is CCCN(CCC)C(=O)C1=Cc2ccc(C(=O)NCCNC(=O)OCc3ccccc3)cc2N=C(N)C1. The van der Waals surface area contributed by atoms with E-state index in [0.717, 1.165) is 24.0 Å². The summed E-state index contributed by atoms with van der Waals surface area (Å²) in [5.41, 5.74) is 9.28. The number of fused-ring (bicyclic) bond motifs is 1. The molecule has 4 N–H and O–H groups in total. The molecule has 0 aliphatic carbocycles. The third kappa shape index (κ3) is 8.20. The molecule has 9 nitrogen and oxygen atoms in total. The summed E-state index contributed by atoms with van der Waals surface area (Å²) in [7, 11) is 0. The zero-order valence-corrected chi connectivity index (χ0v) is 21.5. The molecule has 3 amide bonds. The minimum Gasteiger partial charge on any atom is -0.445 e. The summed E-state index contributed by atoms with van der Waals surface area (Å²) in [4.78, 5) is 43.9. The molecule has 2 aromatic rings. The Hall–Kier alpha value is -4.14. The number of nitrogens with zero attached hydrogens (tertiary/aromatic N) is 2. The van der Waals surface area contributed by atoms with E-state index in [1.54, 1.807) is 18.2 Å². The topological polar surface area (TPSA) is 126 Å². The molecule has 0 saturated heterocycles. The summed E-state index contributed by atoms with van der Waals surface area (Å²) in [5.74, 6) is -0.0222. The van der Waals surface area contributed by atoms with E-state index in [1.165, 1.54) is 0 Å². The highest BCUT2D eigenvalue weighted by Gasteiger charge is 2.21. The highest BCUT2D eigenvalue weighted by molar-refractivity contribution is 6.06. The van der Waals surface area contributed by atoms with Gasteiger partial charge in [0, 0.05) is 49.3 Å². The summed E-state index contributed by atoms with van der Waals surface area (Å²) in [6.07, 6.45) is 3.27. The van der Waals surface area contributed by atoms with E-state index >= 15 is 0 Å². The summed E-state index contributed by atoms with van der Waals surface area (Å²) < 4.78 is 5.15. The van der Waals surface area contributed by atoms with Crippen LogP contribution in [0.1, 0.15) is 54.6 Å². The van der Waals surface area contributed by atoms with Crippen LogP contribution in [0.5, 0.6) is 0 Å². The number of amides is 3. The van der Waals surface area contributed by atoms with Gasteiger partial charge in [0.25, 0.3) is 5.91 Å². The van der Waals surface area contributed by atoms with Gasteiger partial charge in [-0.3, -0.25) is 9.59 Å². The molecule has 0 radical (unpaired) electrons. The second-order valence-electron chi connectivity index (χ2n) is 8.76. The fourth-order valence-corrected chi connectivity index (χ4v) is 3.94. The number of alkyl carbamates (subject to hydrolysis) is 1. The van der Waals surface area contributed by atoms with Crippen molar-refractivity contribution in [2.75, 3.05) is 26.2 Å². The van der Waals surface area contributed by atoms with Gasteiger partial charge in [-0.15, -0.1) is 0 Å². The molecule has 0 bridgehead atoms. The third-order valence-corrected chi connectivity index (χ3v) is 5.70. The van der Waals surface area contributed by atoms with Gasteiger partial charge in [0.15, 0.2) is 0 Å². The van der Waals surface area contributed by atoms with Crippen LogP contribution in [0.2, 0.25) is 0 Å². The monoisotopic (exact) mass is 505 g/mol. The number of nitrogens with two attached hydrogens (primary N) is 1. The van der Waals surface area contributed by atoms with Gasteiger partial charge in [0.2, 0.25) is 5.91 Å². The predicted molar refractivity (Wildman–Crippen MR) is 144 cm³/mol. The summed E-state index contributed by atoms with van der Waals surface area (Å²) in [5, 5.41) is 5.37. The predicted octanol–water partition coefficient (Wildman–Crippen LogP) is 3.77. The van der Waals surface area contributed by atoms with E-state index in [-0.39, 0.29) is 37.9 Å². The van der Waals surface area contributed by atoms with E-state index in [2.05, 4.69) is 15.6 Å². The van der Waals surface area contributed by atoms with Crippen LogP contribution < -0.4 is 16.4 Å². The third-order valence-electron chi connectivity index (χ3n) is 5.70. The van der Waals surface area contributed by atoms with Crippen molar-refractivity contribution in [1.29, 1.82) is 0 Å². The number of carbonyl (C=O) groups is 3. The fraction of sp³-hybridized carbons (Fsp3) is 0.357. The molecule has 2 aromatic carbocycles. The number of carbonyl (C=O) groups excluding carboxylic acids is 3. The number of aliphatic imine (C=N–C) groups is 1. The standard InChI is InChI=1S/C28H35N5O4/c1-3-14-33(15-4-2)27(35)23-16-21-10-11-22(17-24(21)32-25(29)18-23)26(34)30-12-13-31-28(36)37-19-20-8-6-5-7-9-20/h5-11,16-17H,3-4,12-15,18-19H2,1-2H3,(H2,29,32)(H,30,34)(H,31,36). The van der Waals surface area contributed by atoms with Gasteiger partial charge in [0.05, 0.1) is 5.69 Å². The molecule has 37 heavy (non-hydrogen) atoms. The van der Waals surface area contributed by atoms with Crippen molar-refractivity contribution in [2.24, 2.45) is 10.7 Å². The number of rotatable bonds is 11. The smallest absolute Gasteiger partial charge is 0.407 e. The van der Waals surface area contributed by atoms with Gasteiger partial charge in [0.1, 0.15) is 12.4 Å².